The summed E-state index contributed by atoms with van der Waals surface area (Å²) >= 11 is 0. The maximum Gasteiger partial charge on any atom is 0.354 e. The Hall–Kier alpha value is -3.22. The maximum absolute atomic E-state index is 12.2. The predicted octanol–water partition coefficient (Wildman–Crippen LogP) is 1.83. The lowest BCUT2D eigenvalue weighted by Crippen LogP contribution is -2.27. The zero-order chi connectivity index (χ0) is 18.5. The van der Waals surface area contributed by atoms with Gasteiger partial charge in [0.25, 0.3) is 5.91 Å². The van der Waals surface area contributed by atoms with Crippen LogP contribution in [-0.2, 0) is 17.9 Å². The van der Waals surface area contributed by atoms with Crippen LogP contribution in [0.2, 0.25) is 0 Å². The van der Waals surface area contributed by atoms with Crippen molar-refractivity contribution in [3.8, 4) is 0 Å². The molecule has 2 N–H and O–H groups in total. The van der Waals surface area contributed by atoms with Crippen LogP contribution in [-0.4, -0.2) is 39.3 Å². The number of likely N-dealkylation sites (tertiary alicyclic amines) is 1. The number of aromatic nitrogens is 1. The first-order valence-electron chi connectivity index (χ1n) is 8.36. The standard InChI is InChI=1S/C19H19N3O4/c23-17-6-3-9-22(17)12-15-5-2-1-4-13(15)10-21-18(24)14-7-8-16(19(25)26)20-11-14/h1-2,4-5,7-8,11H,3,6,9-10,12H2,(H,21,24)(H,25,26). The van der Waals surface area contributed by atoms with Crippen molar-refractivity contribution in [2.24, 2.45) is 0 Å². The second-order valence-electron chi connectivity index (χ2n) is 6.11. The lowest BCUT2D eigenvalue weighted by molar-refractivity contribution is -0.128. The van der Waals surface area contributed by atoms with Crippen LogP contribution in [0.15, 0.2) is 42.6 Å². The highest BCUT2D eigenvalue weighted by molar-refractivity contribution is 5.94. The number of pyridine rings is 1. The van der Waals surface area contributed by atoms with Gasteiger partial charge in [-0.3, -0.25) is 9.59 Å². The second kappa shape index (κ2) is 7.77. The van der Waals surface area contributed by atoms with Gasteiger partial charge in [0.1, 0.15) is 5.69 Å². The Kier molecular flexibility index (Phi) is 5.26. The van der Waals surface area contributed by atoms with Gasteiger partial charge in [-0.25, -0.2) is 9.78 Å². The molecule has 1 aromatic heterocycles. The van der Waals surface area contributed by atoms with E-state index >= 15 is 0 Å². The lowest BCUT2D eigenvalue weighted by Gasteiger charge is -2.18. The number of carboxylic acids is 1. The van der Waals surface area contributed by atoms with Crippen molar-refractivity contribution in [3.63, 3.8) is 0 Å². The molecule has 0 radical (unpaired) electrons. The summed E-state index contributed by atoms with van der Waals surface area (Å²) in [6.07, 6.45) is 2.73. The number of nitrogens with one attached hydrogen (secondary N) is 1. The molecule has 7 nitrogen and oxygen atoms in total. The summed E-state index contributed by atoms with van der Waals surface area (Å²) in [6, 6.07) is 10.4. The average molecular weight is 353 g/mol. The summed E-state index contributed by atoms with van der Waals surface area (Å²) < 4.78 is 0. The lowest BCUT2D eigenvalue weighted by atomic mass is 10.1. The summed E-state index contributed by atoms with van der Waals surface area (Å²) in [5.41, 5.74) is 2.13. The fourth-order valence-electron chi connectivity index (χ4n) is 2.89. The van der Waals surface area contributed by atoms with Gasteiger partial charge in [-0.2, -0.15) is 0 Å². The molecular weight excluding hydrogens is 334 g/mol. The normalized spacial score (nSPS) is 13.7. The van der Waals surface area contributed by atoms with Crippen molar-refractivity contribution >= 4 is 17.8 Å². The van der Waals surface area contributed by atoms with Crippen LogP contribution in [0, 0.1) is 0 Å². The quantitative estimate of drug-likeness (QED) is 0.825. The van der Waals surface area contributed by atoms with Crippen molar-refractivity contribution in [3.05, 3.63) is 65.0 Å². The van der Waals surface area contributed by atoms with Gasteiger partial charge in [0, 0.05) is 32.3 Å². The van der Waals surface area contributed by atoms with E-state index in [1.165, 1.54) is 18.3 Å². The van der Waals surface area contributed by atoms with E-state index in [0.717, 1.165) is 24.1 Å². The molecule has 2 amide bonds. The Morgan fingerprint density at radius 3 is 2.54 bits per heavy atom. The fourth-order valence-corrected chi connectivity index (χ4v) is 2.89. The predicted molar refractivity (Wildman–Crippen MR) is 93.5 cm³/mol. The number of carbonyl (C=O) groups excluding carboxylic acids is 2. The first-order valence-corrected chi connectivity index (χ1v) is 8.36. The largest absolute Gasteiger partial charge is 0.477 e. The number of hydrogen-bond donors (Lipinski definition) is 2. The number of benzene rings is 1. The fraction of sp³-hybridized carbons (Fsp3) is 0.263. The average Bonchev–Trinajstić information content (AvgIpc) is 3.05. The minimum absolute atomic E-state index is 0.109. The molecule has 134 valence electrons. The molecule has 7 heteroatoms. The molecule has 1 saturated heterocycles. The number of carbonyl (C=O) groups is 3. The number of carboxylic acid groups (broad SMARTS) is 1. The summed E-state index contributed by atoms with van der Waals surface area (Å²) in [7, 11) is 0. The Balaban J connectivity index is 1.64. The van der Waals surface area contributed by atoms with E-state index in [-0.39, 0.29) is 17.5 Å². The highest BCUT2D eigenvalue weighted by Crippen LogP contribution is 2.17. The van der Waals surface area contributed by atoms with Crippen molar-refractivity contribution in [1.82, 2.24) is 15.2 Å². The van der Waals surface area contributed by atoms with Gasteiger partial charge in [0.15, 0.2) is 0 Å². The van der Waals surface area contributed by atoms with E-state index < -0.39 is 5.97 Å². The molecule has 1 aliphatic heterocycles. The third-order valence-electron chi connectivity index (χ3n) is 4.34. The Bertz CT molecular complexity index is 833. The number of nitrogens with zero attached hydrogens (tertiary/aromatic N) is 2. The number of aromatic carboxylic acids is 1. The summed E-state index contributed by atoms with van der Waals surface area (Å²) in [5, 5.41) is 11.7. The Morgan fingerprint density at radius 2 is 1.92 bits per heavy atom. The number of hydrogen-bond acceptors (Lipinski definition) is 4. The first-order chi connectivity index (χ1) is 12.5. The smallest absolute Gasteiger partial charge is 0.354 e. The highest BCUT2D eigenvalue weighted by Gasteiger charge is 2.21. The van der Waals surface area contributed by atoms with Crippen molar-refractivity contribution in [2.45, 2.75) is 25.9 Å². The van der Waals surface area contributed by atoms with Crippen LogP contribution in [0.1, 0.15) is 44.8 Å². The topological polar surface area (TPSA) is 99.6 Å². The molecule has 3 rings (SSSR count). The van der Waals surface area contributed by atoms with Gasteiger partial charge in [-0.05, 0) is 29.7 Å². The van der Waals surface area contributed by atoms with Crippen LogP contribution in [0.25, 0.3) is 0 Å². The molecule has 2 heterocycles. The summed E-state index contributed by atoms with van der Waals surface area (Å²) in [5.74, 6) is -1.31. The van der Waals surface area contributed by atoms with E-state index in [2.05, 4.69) is 10.3 Å². The molecule has 0 unspecified atom stereocenters. The van der Waals surface area contributed by atoms with Crippen LogP contribution in [0.5, 0.6) is 0 Å². The molecular formula is C19H19N3O4. The molecule has 0 bridgehead atoms. The van der Waals surface area contributed by atoms with Gasteiger partial charge in [0.2, 0.25) is 5.91 Å². The van der Waals surface area contributed by atoms with Crippen LogP contribution < -0.4 is 5.32 Å². The molecule has 1 aliphatic rings. The molecule has 2 aromatic rings. The number of rotatable bonds is 6. The Morgan fingerprint density at radius 1 is 1.15 bits per heavy atom. The highest BCUT2D eigenvalue weighted by atomic mass is 16.4. The van der Waals surface area contributed by atoms with E-state index in [4.69, 9.17) is 5.11 Å². The molecule has 0 saturated carbocycles. The van der Waals surface area contributed by atoms with Gasteiger partial charge in [-0.1, -0.05) is 24.3 Å². The van der Waals surface area contributed by atoms with Gasteiger partial charge in [0.05, 0.1) is 5.56 Å². The monoisotopic (exact) mass is 353 g/mol. The van der Waals surface area contributed by atoms with E-state index in [1.54, 1.807) is 0 Å². The SMILES string of the molecule is O=C(NCc1ccccc1CN1CCCC1=O)c1ccc(C(=O)O)nc1. The van der Waals surface area contributed by atoms with Crippen LogP contribution in [0.4, 0.5) is 0 Å². The zero-order valence-electron chi connectivity index (χ0n) is 14.1. The third-order valence-corrected chi connectivity index (χ3v) is 4.34. The van der Waals surface area contributed by atoms with E-state index in [0.29, 0.717) is 25.1 Å². The van der Waals surface area contributed by atoms with Crippen LogP contribution in [0.3, 0.4) is 0 Å². The minimum atomic E-state index is -1.14. The van der Waals surface area contributed by atoms with Crippen molar-refractivity contribution in [1.29, 1.82) is 0 Å². The van der Waals surface area contributed by atoms with Gasteiger partial charge < -0.3 is 15.3 Å². The number of amides is 2. The van der Waals surface area contributed by atoms with E-state index in [1.807, 2.05) is 29.2 Å². The molecule has 1 fully saturated rings. The minimum Gasteiger partial charge on any atom is -0.477 e. The molecule has 0 aliphatic carbocycles. The molecule has 0 atom stereocenters. The van der Waals surface area contributed by atoms with Gasteiger partial charge >= 0.3 is 5.97 Å². The Labute approximate surface area is 150 Å². The van der Waals surface area contributed by atoms with E-state index in [9.17, 15) is 14.4 Å². The zero-order valence-corrected chi connectivity index (χ0v) is 14.1. The van der Waals surface area contributed by atoms with Crippen molar-refractivity contribution < 1.29 is 19.5 Å². The summed E-state index contributed by atoms with van der Waals surface area (Å²) in [6.45, 7) is 1.62. The second-order valence-corrected chi connectivity index (χ2v) is 6.11. The molecule has 26 heavy (non-hydrogen) atoms. The molecule has 1 aromatic carbocycles. The summed E-state index contributed by atoms with van der Waals surface area (Å²) in [4.78, 5) is 40.4. The van der Waals surface area contributed by atoms with Crippen molar-refractivity contribution in [2.75, 3.05) is 6.54 Å². The maximum atomic E-state index is 12.2. The van der Waals surface area contributed by atoms with Crippen LogP contribution >= 0.6 is 0 Å². The first kappa shape index (κ1) is 17.6. The molecule has 0 spiro atoms. The van der Waals surface area contributed by atoms with Gasteiger partial charge in [-0.15, -0.1) is 0 Å². The third kappa shape index (κ3) is 4.05.